The summed E-state index contributed by atoms with van der Waals surface area (Å²) < 4.78 is 0. The molecule has 0 bridgehead atoms. The van der Waals surface area contributed by atoms with E-state index in [1.54, 1.807) is 23.9 Å². The van der Waals surface area contributed by atoms with Crippen LogP contribution in [0.5, 0.6) is 0 Å². The van der Waals surface area contributed by atoms with Crippen molar-refractivity contribution in [1.29, 1.82) is 0 Å². The van der Waals surface area contributed by atoms with Gasteiger partial charge in [0.05, 0.1) is 5.69 Å². The third-order valence-electron chi connectivity index (χ3n) is 2.89. The summed E-state index contributed by atoms with van der Waals surface area (Å²) in [5, 5.41) is 4.46. The van der Waals surface area contributed by atoms with E-state index in [9.17, 15) is 0 Å². The van der Waals surface area contributed by atoms with E-state index in [1.807, 2.05) is 6.07 Å². The molecular weight excluding hydrogens is 268 g/mol. The topological polar surface area (TPSA) is 50.7 Å². The average Bonchev–Trinajstić information content (AvgIpc) is 2.83. The summed E-state index contributed by atoms with van der Waals surface area (Å²) in [4.78, 5) is 14.4. The maximum absolute atomic E-state index is 4.79. The Morgan fingerprint density at radius 1 is 1.35 bits per heavy atom. The molecule has 4 nitrogen and oxygen atoms in total. The van der Waals surface area contributed by atoms with Gasteiger partial charge in [-0.25, -0.2) is 15.0 Å². The molecule has 0 saturated heterocycles. The van der Waals surface area contributed by atoms with Crippen LogP contribution in [0.4, 0.5) is 0 Å². The highest BCUT2D eigenvalue weighted by Gasteiger charge is 2.14. The van der Waals surface area contributed by atoms with Gasteiger partial charge in [0.15, 0.2) is 0 Å². The van der Waals surface area contributed by atoms with Gasteiger partial charge in [-0.15, -0.1) is 11.3 Å². The second-order valence-electron chi connectivity index (χ2n) is 5.26. The van der Waals surface area contributed by atoms with Gasteiger partial charge in [-0.1, -0.05) is 20.8 Å². The number of hydrogen-bond donors (Lipinski definition) is 1. The minimum absolute atomic E-state index is 0.611. The fourth-order valence-electron chi connectivity index (χ4n) is 1.97. The Kier molecular flexibility index (Phi) is 5.61. The first-order valence-corrected chi connectivity index (χ1v) is 7.98. The summed E-state index contributed by atoms with van der Waals surface area (Å²) in [6.07, 6.45) is 5.51. The largest absolute Gasteiger partial charge is 0.312 e. The number of nitrogens with zero attached hydrogens (tertiary/aromatic N) is 3. The lowest BCUT2D eigenvalue weighted by Crippen LogP contribution is -2.14. The molecule has 0 saturated carbocycles. The molecule has 2 aromatic rings. The van der Waals surface area contributed by atoms with Crippen molar-refractivity contribution in [1.82, 2.24) is 20.3 Å². The Hall–Kier alpha value is -1.33. The highest BCUT2D eigenvalue weighted by atomic mass is 32.1. The Morgan fingerprint density at radius 2 is 2.20 bits per heavy atom. The lowest BCUT2D eigenvalue weighted by Gasteiger charge is -2.05. The molecule has 0 aromatic carbocycles. The second-order valence-corrected chi connectivity index (χ2v) is 6.34. The van der Waals surface area contributed by atoms with E-state index >= 15 is 0 Å². The summed E-state index contributed by atoms with van der Waals surface area (Å²) in [6, 6.07) is 1.92. The minimum atomic E-state index is 0.611. The first-order chi connectivity index (χ1) is 9.70. The Labute approximate surface area is 124 Å². The van der Waals surface area contributed by atoms with Gasteiger partial charge in [0.25, 0.3) is 0 Å². The van der Waals surface area contributed by atoms with Crippen LogP contribution >= 0.6 is 11.3 Å². The van der Waals surface area contributed by atoms with Crippen molar-refractivity contribution in [3.63, 3.8) is 0 Å². The molecule has 0 amide bonds. The third-order valence-corrected chi connectivity index (χ3v) is 4.01. The molecule has 0 radical (unpaired) electrons. The number of rotatable bonds is 7. The third kappa shape index (κ3) is 4.08. The molecule has 0 fully saturated rings. The van der Waals surface area contributed by atoms with E-state index in [0.717, 1.165) is 36.6 Å². The standard InChI is InChI=1S/C15H22N4S/c1-4-6-16-9-14-13(8-11(2)3)19-15(20-14)12-5-7-17-10-18-12/h5,7,10-11,16H,4,6,8-9H2,1-3H3. The van der Waals surface area contributed by atoms with Gasteiger partial charge >= 0.3 is 0 Å². The average molecular weight is 290 g/mol. The van der Waals surface area contributed by atoms with Gasteiger partial charge < -0.3 is 5.32 Å². The maximum Gasteiger partial charge on any atom is 0.142 e. The van der Waals surface area contributed by atoms with Gasteiger partial charge in [-0.05, 0) is 31.4 Å². The predicted octanol–water partition coefficient (Wildman–Crippen LogP) is 3.30. The zero-order chi connectivity index (χ0) is 14.4. The van der Waals surface area contributed by atoms with E-state index in [4.69, 9.17) is 4.98 Å². The molecule has 20 heavy (non-hydrogen) atoms. The number of aromatic nitrogens is 3. The molecule has 2 heterocycles. The fraction of sp³-hybridized carbons (Fsp3) is 0.533. The first kappa shape index (κ1) is 15.1. The highest BCUT2D eigenvalue weighted by molar-refractivity contribution is 7.15. The lowest BCUT2D eigenvalue weighted by atomic mass is 10.1. The monoisotopic (exact) mass is 290 g/mol. The number of thiazole rings is 1. The fourth-order valence-corrected chi connectivity index (χ4v) is 3.01. The normalized spacial score (nSPS) is 11.2. The molecular formula is C15H22N4S. The SMILES string of the molecule is CCCNCc1sc(-c2ccncn2)nc1CC(C)C. The van der Waals surface area contributed by atoms with Crippen LogP contribution in [0.2, 0.25) is 0 Å². The van der Waals surface area contributed by atoms with Gasteiger partial charge in [-0.2, -0.15) is 0 Å². The summed E-state index contributed by atoms with van der Waals surface area (Å²) in [6.45, 7) is 8.58. The Bertz CT molecular complexity index is 522. The molecule has 1 N–H and O–H groups in total. The highest BCUT2D eigenvalue weighted by Crippen LogP contribution is 2.28. The predicted molar refractivity (Wildman–Crippen MR) is 83.7 cm³/mol. The van der Waals surface area contributed by atoms with Crippen molar-refractivity contribution in [2.24, 2.45) is 5.92 Å². The quantitative estimate of drug-likeness (QED) is 0.795. The molecule has 0 atom stereocenters. The van der Waals surface area contributed by atoms with E-state index in [2.05, 4.69) is 36.1 Å². The molecule has 0 unspecified atom stereocenters. The maximum atomic E-state index is 4.79. The first-order valence-electron chi connectivity index (χ1n) is 7.16. The molecule has 2 rings (SSSR count). The molecule has 108 valence electrons. The zero-order valence-corrected chi connectivity index (χ0v) is 13.2. The van der Waals surface area contributed by atoms with Gasteiger partial charge in [0, 0.05) is 17.6 Å². The van der Waals surface area contributed by atoms with Crippen LogP contribution in [-0.2, 0) is 13.0 Å². The van der Waals surface area contributed by atoms with Crippen molar-refractivity contribution in [3.8, 4) is 10.7 Å². The van der Waals surface area contributed by atoms with Crippen LogP contribution in [0.1, 0.15) is 37.8 Å². The Morgan fingerprint density at radius 3 is 2.85 bits per heavy atom. The molecule has 5 heteroatoms. The lowest BCUT2D eigenvalue weighted by molar-refractivity contribution is 0.623. The van der Waals surface area contributed by atoms with Crippen molar-refractivity contribution in [2.45, 2.75) is 40.2 Å². The van der Waals surface area contributed by atoms with E-state index in [-0.39, 0.29) is 0 Å². The van der Waals surface area contributed by atoms with Crippen LogP contribution in [-0.4, -0.2) is 21.5 Å². The van der Waals surface area contributed by atoms with Crippen LogP contribution in [0.3, 0.4) is 0 Å². The van der Waals surface area contributed by atoms with E-state index in [1.165, 1.54) is 10.6 Å². The molecule has 0 aliphatic carbocycles. The van der Waals surface area contributed by atoms with Crippen molar-refractivity contribution in [3.05, 3.63) is 29.2 Å². The zero-order valence-electron chi connectivity index (χ0n) is 12.4. The summed E-state index contributed by atoms with van der Waals surface area (Å²) >= 11 is 1.74. The minimum Gasteiger partial charge on any atom is -0.312 e. The molecule has 0 spiro atoms. The van der Waals surface area contributed by atoms with Gasteiger partial charge in [-0.3, -0.25) is 0 Å². The molecule has 0 aliphatic rings. The van der Waals surface area contributed by atoms with Gasteiger partial charge in [0.2, 0.25) is 0 Å². The molecule has 2 aromatic heterocycles. The number of hydrogen-bond acceptors (Lipinski definition) is 5. The van der Waals surface area contributed by atoms with Crippen LogP contribution in [0.15, 0.2) is 18.6 Å². The van der Waals surface area contributed by atoms with Crippen LogP contribution in [0, 0.1) is 5.92 Å². The van der Waals surface area contributed by atoms with E-state index in [0.29, 0.717) is 5.92 Å². The summed E-state index contributed by atoms with van der Waals surface area (Å²) in [7, 11) is 0. The smallest absolute Gasteiger partial charge is 0.142 e. The van der Waals surface area contributed by atoms with Crippen LogP contribution < -0.4 is 5.32 Å². The van der Waals surface area contributed by atoms with Crippen molar-refractivity contribution < 1.29 is 0 Å². The number of nitrogens with one attached hydrogen (secondary N) is 1. The summed E-state index contributed by atoms with van der Waals surface area (Å²) in [5.41, 5.74) is 2.12. The van der Waals surface area contributed by atoms with Crippen LogP contribution in [0.25, 0.3) is 10.7 Å². The van der Waals surface area contributed by atoms with E-state index < -0.39 is 0 Å². The summed E-state index contributed by atoms with van der Waals surface area (Å²) in [5.74, 6) is 0.611. The van der Waals surface area contributed by atoms with Crippen molar-refractivity contribution in [2.75, 3.05) is 6.54 Å². The van der Waals surface area contributed by atoms with Crippen molar-refractivity contribution >= 4 is 11.3 Å². The van der Waals surface area contributed by atoms with Gasteiger partial charge in [0.1, 0.15) is 17.0 Å². The Balaban J connectivity index is 2.22. The second kappa shape index (κ2) is 7.45. The molecule has 0 aliphatic heterocycles.